The molecule has 0 aliphatic carbocycles. The number of halogens is 1. The lowest BCUT2D eigenvalue weighted by molar-refractivity contribution is 0.0113. The molecule has 0 saturated carbocycles. The van der Waals surface area contributed by atoms with E-state index >= 15 is 0 Å². The largest absolute Gasteiger partial charge is 0.508 e. The number of alkyl carbamates (subject to hydrolysis) is 1. The Morgan fingerprint density at radius 2 is 2.00 bits per heavy atom. The maximum atomic E-state index is 13.5. The van der Waals surface area contributed by atoms with E-state index in [1.54, 1.807) is 20.8 Å². The van der Waals surface area contributed by atoms with E-state index in [1.807, 2.05) is 0 Å². The Morgan fingerprint density at radius 1 is 1.38 bits per heavy atom. The second-order valence-electron chi connectivity index (χ2n) is 5.60. The van der Waals surface area contributed by atoms with Crippen LogP contribution in [0, 0.1) is 5.82 Å². The number of carbonyl (C=O) groups excluding carboxylic acids is 1. The van der Waals surface area contributed by atoms with E-state index < -0.39 is 29.7 Å². The summed E-state index contributed by atoms with van der Waals surface area (Å²) in [6.07, 6.45) is -3.71. The standard InChI is InChI=1S/C14H20FNO5/c1-14(2,3)21-13(20)16-7-11(18)12(19)9-5-4-8(17)6-10(9)15/h4-6,11-12,17-19H,7H2,1-3H3,(H,16,20). The molecule has 0 bridgehead atoms. The molecule has 1 amide bonds. The van der Waals surface area contributed by atoms with Crippen molar-refractivity contribution in [3.8, 4) is 5.75 Å². The molecule has 0 aliphatic rings. The molecule has 1 aromatic carbocycles. The number of ether oxygens (including phenoxy) is 1. The van der Waals surface area contributed by atoms with E-state index in [0.717, 1.165) is 12.1 Å². The molecular weight excluding hydrogens is 281 g/mol. The zero-order valence-corrected chi connectivity index (χ0v) is 12.1. The number of benzene rings is 1. The van der Waals surface area contributed by atoms with Gasteiger partial charge in [-0.05, 0) is 32.9 Å². The Kier molecular flexibility index (Phi) is 5.51. The molecule has 1 aromatic rings. The fourth-order valence-electron chi connectivity index (χ4n) is 1.58. The van der Waals surface area contributed by atoms with Crippen LogP contribution in [0.1, 0.15) is 32.4 Å². The number of phenols is 1. The summed E-state index contributed by atoms with van der Waals surface area (Å²) < 4.78 is 18.5. The Balaban J connectivity index is 2.59. The summed E-state index contributed by atoms with van der Waals surface area (Å²) >= 11 is 0. The van der Waals surface area contributed by atoms with Crippen molar-refractivity contribution in [1.29, 1.82) is 0 Å². The smallest absolute Gasteiger partial charge is 0.407 e. The van der Waals surface area contributed by atoms with Gasteiger partial charge in [-0.1, -0.05) is 0 Å². The number of phenolic OH excluding ortho intramolecular Hbond substituents is 1. The van der Waals surface area contributed by atoms with E-state index in [2.05, 4.69) is 5.32 Å². The Hall–Kier alpha value is -1.86. The summed E-state index contributed by atoms with van der Waals surface area (Å²) in [6.45, 7) is 4.74. The highest BCUT2D eigenvalue weighted by Gasteiger charge is 2.23. The summed E-state index contributed by atoms with van der Waals surface area (Å²) in [4.78, 5) is 11.4. The third kappa shape index (κ3) is 5.57. The quantitative estimate of drug-likeness (QED) is 0.674. The van der Waals surface area contributed by atoms with E-state index in [-0.39, 0.29) is 17.9 Å². The molecule has 2 unspecified atom stereocenters. The molecule has 6 nitrogen and oxygen atoms in total. The number of carbonyl (C=O) groups is 1. The molecule has 21 heavy (non-hydrogen) atoms. The van der Waals surface area contributed by atoms with Gasteiger partial charge in [0, 0.05) is 18.2 Å². The highest BCUT2D eigenvalue weighted by Crippen LogP contribution is 2.23. The number of aromatic hydroxyl groups is 1. The van der Waals surface area contributed by atoms with Crippen LogP contribution in [-0.2, 0) is 4.74 Å². The first-order valence-electron chi connectivity index (χ1n) is 6.41. The van der Waals surface area contributed by atoms with Gasteiger partial charge in [-0.15, -0.1) is 0 Å². The molecule has 0 saturated heterocycles. The van der Waals surface area contributed by atoms with Gasteiger partial charge in [-0.25, -0.2) is 9.18 Å². The minimum atomic E-state index is -1.54. The van der Waals surface area contributed by atoms with Crippen molar-refractivity contribution in [2.24, 2.45) is 0 Å². The Labute approximate surface area is 122 Å². The summed E-state index contributed by atoms with van der Waals surface area (Å²) in [6, 6.07) is 3.17. The Bertz CT molecular complexity index is 501. The lowest BCUT2D eigenvalue weighted by Gasteiger charge is -2.22. The lowest BCUT2D eigenvalue weighted by atomic mass is 10.0. The third-order valence-electron chi connectivity index (χ3n) is 2.52. The van der Waals surface area contributed by atoms with Crippen LogP contribution in [0.5, 0.6) is 5.75 Å². The highest BCUT2D eigenvalue weighted by atomic mass is 19.1. The third-order valence-corrected chi connectivity index (χ3v) is 2.52. The lowest BCUT2D eigenvalue weighted by Crippen LogP contribution is -2.39. The van der Waals surface area contributed by atoms with Gasteiger partial charge >= 0.3 is 6.09 Å². The van der Waals surface area contributed by atoms with Crippen LogP contribution in [0.25, 0.3) is 0 Å². The van der Waals surface area contributed by atoms with Crippen molar-refractivity contribution >= 4 is 6.09 Å². The van der Waals surface area contributed by atoms with E-state index in [9.17, 15) is 19.4 Å². The first-order valence-corrected chi connectivity index (χ1v) is 6.41. The fourth-order valence-corrected chi connectivity index (χ4v) is 1.58. The number of aliphatic hydroxyl groups excluding tert-OH is 2. The zero-order valence-electron chi connectivity index (χ0n) is 12.1. The summed E-state index contributed by atoms with van der Waals surface area (Å²) in [5.41, 5.74) is -0.859. The van der Waals surface area contributed by atoms with Crippen LogP contribution in [0.2, 0.25) is 0 Å². The molecule has 7 heteroatoms. The molecule has 0 spiro atoms. The minimum Gasteiger partial charge on any atom is -0.508 e. The van der Waals surface area contributed by atoms with E-state index in [1.165, 1.54) is 6.07 Å². The van der Waals surface area contributed by atoms with Crippen molar-refractivity contribution < 1.29 is 29.2 Å². The fraction of sp³-hybridized carbons (Fsp3) is 0.500. The number of hydrogen-bond donors (Lipinski definition) is 4. The number of aliphatic hydroxyl groups is 2. The molecule has 0 radical (unpaired) electrons. The second-order valence-corrected chi connectivity index (χ2v) is 5.60. The van der Waals surface area contributed by atoms with Crippen molar-refractivity contribution in [3.05, 3.63) is 29.6 Å². The van der Waals surface area contributed by atoms with Gasteiger partial charge in [0.1, 0.15) is 29.4 Å². The molecule has 2 atom stereocenters. The Morgan fingerprint density at radius 3 is 2.52 bits per heavy atom. The van der Waals surface area contributed by atoms with Crippen LogP contribution in [0.15, 0.2) is 18.2 Å². The van der Waals surface area contributed by atoms with Crippen LogP contribution >= 0.6 is 0 Å². The highest BCUT2D eigenvalue weighted by molar-refractivity contribution is 5.67. The zero-order chi connectivity index (χ0) is 16.2. The first-order chi connectivity index (χ1) is 9.60. The molecule has 0 aromatic heterocycles. The number of nitrogens with one attached hydrogen (secondary N) is 1. The second kappa shape index (κ2) is 6.73. The van der Waals surface area contributed by atoms with Crippen molar-refractivity contribution in [2.75, 3.05) is 6.54 Å². The molecule has 0 heterocycles. The van der Waals surface area contributed by atoms with Crippen LogP contribution in [0.4, 0.5) is 9.18 Å². The first kappa shape index (κ1) is 17.2. The summed E-state index contributed by atoms with van der Waals surface area (Å²) in [7, 11) is 0. The van der Waals surface area contributed by atoms with Gasteiger partial charge in [-0.2, -0.15) is 0 Å². The molecule has 118 valence electrons. The SMILES string of the molecule is CC(C)(C)OC(=O)NCC(O)C(O)c1ccc(O)cc1F. The summed E-state index contributed by atoms with van der Waals surface area (Å²) in [5.74, 6) is -1.14. The topological polar surface area (TPSA) is 99.0 Å². The van der Waals surface area contributed by atoms with Crippen molar-refractivity contribution in [1.82, 2.24) is 5.32 Å². The van der Waals surface area contributed by atoms with Gasteiger partial charge in [-0.3, -0.25) is 0 Å². The van der Waals surface area contributed by atoms with Crippen LogP contribution in [0.3, 0.4) is 0 Å². The van der Waals surface area contributed by atoms with Gasteiger partial charge in [0.2, 0.25) is 0 Å². The average Bonchev–Trinajstić information content (AvgIpc) is 2.33. The number of rotatable bonds is 4. The van der Waals surface area contributed by atoms with Crippen molar-refractivity contribution in [2.45, 2.75) is 38.6 Å². The maximum Gasteiger partial charge on any atom is 0.407 e. The predicted octanol–water partition coefficient (Wildman–Crippen LogP) is 1.45. The van der Waals surface area contributed by atoms with Crippen LogP contribution < -0.4 is 5.32 Å². The maximum absolute atomic E-state index is 13.5. The van der Waals surface area contributed by atoms with Gasteiger partial charge in [0.05, 0.1) is 0 Å². The number of hydrogen-bond acceptors (Lipinski definition) is 5. The van der Waals surface area contributed by atoms with E-state index in [4.69, 9.17) is 9.84 Å². The average molecular weight is 301 g/mol. The van der Waals surface area contributed by atoms with E-state index in [0.29, 0.717) is 0 Å². The van der Waals surface area contributed by atoms with Crippen molar-refractivity contribution in [3.63, 3.8) is 0 Å². The summed E-state index contributed by atoms with van der Waals surface area (Å²) in [5, 5.41) is 31.0. The molecule has 1 rings (SSSR count). The van der Waals surface area contributed by atoms with Gasteiger partial charge < -0.3 is 25.4 Å². The molecule has 0 aliphatic heterocycles. The normalized spacial score (nSPS) is 14.4. The van der Waals surface area contributed by atoms with Crippen LogP contribution in [-0.4, -0.2) is 39.7 Å². The molecular formula is C14H20FNO5. The predicted molar refractivity (Wildman–Crippen MR) is 73.3 cm³/mol. The van der Waals surface area contributed by atoms with Gasteiger partial charge in [0.25, 0.3) is 0 Å². The minimum absolute atomic E-state index is 0.175. The molecule has 4 N–H and O–H groups in total. The molecule has 0 fully saturated rings. The number of amides is 1. The monoisotopic (exact) mass is 301 g/mol. The van der Waals surface area contributed by atoms with Gasteiger partial charge in [0.15, 0.2) is 0 Å².